The fourth-order valence-corrected chi connectivity index (χ4v) is 0.823. The van der Waals surface area contributed by atoms with Crippen LogP contribution in [0.15, 0.2) is 28.0 Å². The first kappa shape index (κ1) is 12.8. The molecule has 1 aromatic rings. The van der Waals surface area contributed by atoms with Gasteiger partial charge in [-0.05, 0) is 26.0 Å². The van der Waals surface area contributed by atoms with E-state index < -0.39 is 17.5 Å². The lowest BCUT2D eigenvalue weighted by molar-refractivity contribution is -0.161. The van der Waals surface area contributed by atoms with Gasteiger partial charge in [0.25, 0.3) is 5.91 Å². The summed E-state index contributed by atoms with van der Waals surface area (Å²) in [5.41, 5.74) is 3.24. The zero-order valence-corrected chi connectivity index (χ0v) is 9.34. The number of rotatable bonds is 5. The maximum absolute atomic E-state index is 11.1. The number of carbonyl (C=O) groups excluding carboxylic acids is 1. The van der Waals surface area contributed by atoms with Crippen LogP contribution < -0.4 is 5.73 Å². The number of carboxylic acids is 1. The van der Waals surface area contributed by atoms with Crippen molar-refractivity contribution in [2.45, 2.75) is 19.4 Å². The van der Waals surface area contributed by atoms with Crippen molar-refractivity contribution < 1.29 is 24.0 Å². The van der Waals surface area contributed by atoms with Gasteiger partial charge in [0.15, 0.2) is 5.76 Å². The lowest BCUT2D eigenvalue weighted by Gasteiger charge is -2.16. The van der Waals surface area contributed by atoms with Gasteiger partial charge in [-0.3, -0.25) is 4.79 Å². The van der Waals surface area contributed by atoms with Crippen molar-refractivity contribution in [3.05, 3.63) is 24.2 Å². The lowest BCUT2D eigenvalue weighted by atomic mass is 10.1. The van der Waals surface area contributed by atoms with Crippen LogP contribution in [0.1, 0.15) is 19.6 Å². The van der Waals surface area contributed by atoms with Gasteiger partial charge in [0.1, 0.15) is 0 Å². The third kappa shape index (κ3) is 3.07. The number of nitrogens with two attached hydrogens (primary N) is 1. The number of oxime groups is 1. The molecule has 0 saturated carbocycles. The molecule has 1 heterocycles. The van der Waals surface area contributed by atoms with Crippen molar-refractivity contribution >= 4 is 17.6 Å². The van der Waals surface area contributed by atoms with Crippen molar-refractivity contribution in [2.75, 3.05) is 0 Å². The molecule has 17 heavy (non-hydrogen) atoms. The Hall–Kier alpha value is -2.31. The second-order valence-corrected chi connectivity index (χ2v) is 3.69. The van der Waals surface area contributed by atoms with Gasteiger partial charge in [0, 0.05) is 0 Å². The fourth-order valence-electron chi connectivity index (χ4n) is 0.823. The highest BCUT2D eigenvalue weighted by molar-refractivity contribution is 6.43. The summed E-state index contributed by atoms with van der Waals surface area (Å²) in [5.74, 6) is -1.98. The van der Waals surface area contributed by atoms with Gasteiger partial charge >= 0.3 is 5.97 Å². The highest BCUT2D eigenvalue weighted by Gasteiger charge is 2.30. The van der Waals surface area contributed by atoms with E-state index in [0.29, 0.717) is 0 Å². The summed E-state index contributed by atoms with van der Waals surface area (Å²) in [6, 6.07) is 3.00. The molecule has 0 aliphatic heterocycles. The molecule has 7 nitrogen and oxygen atoms in total. The van der Waals surface area contributed by atoms with Crippen LogP contribution in [-0.4, -0.2) is 28.3 Å². The molecule has 1 amide bonds. The van der Waals surface area contributed by atoms with Gasteiger partial charge in [0.05, 0.1) is 6.26 Å². The molecule has 7 heteroatoms. The summed E-state index contributed by atoms with van der Waals surface area (Å²) >= 11 is 0. The first-order valence-corrected chi connectivity index (χ1v) is 4.68. The first-order valence-electron chi connectivity index (χ1n) is 4.68. The topological polar surface area (TPSA) is 115 Å². The number of furan rings is 1. The van der Waals surface area contributed by atoms with Crippen molar-refractivity contribution in [3.63, 3.8) is 0 Å². The van der Waals surface area contributed by atoms with Crippen LogP contribution in [-0.2, 0) is 14.4 Å². The van der Waals surface area contributed by atoms with Gasteiger partial charge in [-0.2, -0.15) is 0 Å². The van der Waals surface area contributed by atoms with Gasteiger partial charge in [-0.1, -0.05) is 5.16 Å². The highest BCUT2D eigenvalue weighted by Crippen LogP contribution is 2.11. The van der Waals surface area contributed by atoms with Crippen molar-refractivity contribution in [1.29, 1.82) is 0 Å². The van der Waals surface area contributed by atoms with Gasteiger partial charge < -0.3 is 20.1 Å². The standard InChI is InChI=1S/C10H12N2O5/c1-10(2,9(14)15)17-12-7(8(11)13)6-4-3-5-16-6/h3-5H,1-2H3,(H2,11,13)(H,14,15). The molecule has 0 bridgehead atoms. The minimum absolute atomic E-state index is 0.110. The zero-order chi connectivity index (χ0) is 13.1. The summed E-state index contributed by atoms with van der Waals surface area (Å²) in [4.78, 5) is 26.6. The second kappa shape index (κ2) is 4.69. The average molecular weight is 240 g/mol. The minimum atomic E-state index is -1.56. The SMILES string of the molecule is CC(C)(ON=C(C(N)=O)c1ccco1)C(=O)O. The van der Waals surface area contributed by atoms with E-state index >= 15 is 0 Å². The molecule has 0 aromatic carbocycles. The highest BCUT2D eigenvalue weighted by atomic mass is 16.7. The molecule has 92 valence electrons. The number of amides is 1. The summed E-state index contributed by atoms with van der Waals surface area (Å²) in [6.07, 6.45) is 1.33. The van der Waals surface area contributed by atoms with Crippen LogP contribution in [0.25, 0.3) is 0 Å². The molecular weight excluding hydrogens is 228 g/mol. The van der Waals surface area contributed by atoms with Crippen LogP contribution in [0.5, 0.6) is 0 Å². The van der Waals surface area contributed by atoms with Crippen LogP contribution >= 0.6 is 0 Å². The summed E-state index contributed by atoms with van der Waals surface area (Å²) in [6.45, 7) is 2.58. The molecule has 0 aliphatic rings. The quantitative estimate of drug-likeness (QED) is 0.569. The van der Waals surface area contributed by atoms with E-state index in [-0.39, 0.29) is 11.5 Å². The maximum Gasteiger partial charge on any atom is 0.350 e. The lowest BCUT2D eigenvalue weighted by Crippen LogP contribution is -2.34. The Morgan fingerprint density at radius 2 is 2.18 bits per heavy atom. The monoisotopic (exact) mass is 240 g/mol. The number of carbonyl (C=O) groups is 2. The molecule has 0 aliphatic carbocycles. The summed E-state index contributed by atoms with van der Waals surface area (Å²) in [7, 11) is 0. The third-order valence-electron chi connectivity index (χ3n) is 1.87. The van der Waals surface area contributed by atoms with E-state index in [2.05, 4.69) is 5.16 Å². The Labute approximate surface area is 96.8 Å². The van der Waals surface area contributed by atoms with E-state index in [4.69, 9.17) is 20.1 Å². The van der Waals surface area contributed by atoms with Crippen LogP contribution in [0.4, 0.5) is 0 Å². The smallest absolute Gasteiger partial charge is 0.350 e. The largest absolute Gasteiger partial charge is 0.478 e. The van der Waals surface area contributed by atoms with Crippen molar-refractivity contribution in [2.24, 2.45) is 10.9 Å². The predicted molar refractivity (Wildman–Crippen MR) is 57.2 cm³/mol. The first-order chi connectivity index (χ1) is 7.84. The molecule has 3 N–H and O–H groups in total. The number of aliphatic carboxylic acids is 1. The van der Waals surface area contributed by atoms with E-state index in [9.17, 15) is 9.59 Å². The van der Waals surface area contributed by atoms with Crippen LogP contribution in [0, 0.1) is 0 Å². The number of hydrogen-bond donors (Lipinski definition) is 2. The Balaban J connectivity index is 2.94. The number of carboxylic acid groups (broad SMARTS) is 1. The fraction of sp³-hybridized carbons (Fsp3) is 0.300. The zero-order valence-electron chi connectivity index (χ0n) is 9.34. The normalized spacial score (nSPS) is 12.2. The Morgan fingerprint density at radius 1 is 1.53 bits per heavy atom. The predicted octanol–water partition coefficient (Wildman–Crippen LogP) is 0.349. The van der Waals surface area contributed by atoms with Crippen molar-refractivity contribution in [3.8, 4) is 0 Å². The molecule has 0 radical (unpaired) electrons. The molecule has 0 fully saturated rings. The van der Waals surface area contributed by atoms with E-state index in [1.807, 2.05) is 0 Å². The minimum Gasteiger partial charge on any atom is -0.478 e. The van der Waals surface area contributed by atoms with Crippen LogP contribution in [0.2, 0.25) is 0 Å². The molecule has 0 atom stereocenters. The number of primary amides is 1. The Bertz CT molecular complexity index is 447. The molecule has 1 rings (SSSR count). The van der Waals surface area contributed by atoms with E-state index in [0.717, 1.165) is 0 Å². The Kier molecular flexibility index (Phi) is 3.52. The van der Waals surface area contributed by atoms with E-state index in [1.54, 1.807) is 0 Å². The molecule has 0 spiro atoms. The second-order valence-electron chi connectivity index (χ2n) is 3.69. The molecule has 0 unspecified atom stereocenters. The summed E-state index contributed by atoms with van der Waals surface area (Å²) < 4.78 is 4.92. The van der Waals surface area contributed by atoms with Crippen molar-refractivity contribution in [1.82, 2.24) is 0 Å². The average Bonchev–Trinajstić information content (AvgIpc) is 2.70. The van der Waals surface area contributed by atoms with Gasteiger partial charge in [-0.25, -0.2) is 4.79 Å². The van der Waals surface area contributed by atoms with Crippen LogP contribution in [0.3, 0.4) is 0 Å². The van der Waals surface area contributed by atoms with Gasteiger partial charge in [-0.15, -0.1) is 0 Å². The van der Waals surface area contributed by atoms with Gasteiger partial charge in [0.2, 0.25) is 11.3 Å². The molecular formula is C10H12N2O5. The number of hydrogen-bond acceptors (Lipinski definition) is 5. The number of nitrogens with zero attached hydrogens (tertiary/aromatic N) is 1. The third-order valence-corrected chi connectivity index (χ3v) is 1.87. The molecule has 0 saturated heterocycles. The maximum atomic E-state index is 11.1. The molecule has 1 aromatic heterocycles. The summed E-state index contributed by atoms with van der Waals surface area (Å²) in [5, 5.41) is 12.2. The van der Waals surface area contributed by atoms with E-state index in [1.165, 1.54) is 32.2 Å². The Morgan fingerprint density at radius 3 is 2.59 bits per heavy atom.